The Hall–Kier alpha value is -2.40. The number of hydrogen-bond donors (Lipinski definition) is 1. The molecule has 23 heavy (non-hydrogen) atoms. The predicted molar refractivity (Wildman–Crippen MR) is 90.8 cm³/mol. The Morgan fingerprint density at radius 2 is 1.52 bits per heavy atom. The summed E-state index contributed by atoms with van der Waals surface area (Å²) in [5.74, 6) is 2.32. The second kappa shape index (κ2) is 9.58. The minimum Gasteiger partial charge on any atom is -0.493 e. The van der Waals surface area contributed by atoms with Crippen LogP contribution in [-0.4, -0.2) is 40.6 Å². The first-order valence-corrected chi connectivity index (χ1v) is 7.55. The monoisotopic (exact) mass is 317 g/mol. The molecule has 2 aromatic rings. The molecule has 0 aliphatic carbocycles. The summed E-state index contributed by atoms with van der Waals surface area (Å²) in [7, 11) is 3.29. The topological polar surface area (TPSA) is 49.0 Å². The van der Waals surface area contributed by atoms with Crippen LogP contribution in [0, 0.1) is 0 Å². The fourth-order valence-corrected chi connectivity index (χ4v) is 2.01. The van der Waals surface area contributed by atoms with Gasteiger partial charge in [0.05, 0.1) is 13.7 Å². The van der Waals surface area contributed by atoms with E-state index in [0.29, 0.717) is 26.4 Å². The molecule has 0 aromatic heterocycles. The van der Waals surface area contributed by atoms with E-state index in [1.54, 1.807) is 14.2 Å². The lowest BCUT2D eigenvalue weighted by Crippen LogP contribution is -2.11. The van der Waals surface area contributed by atoms with Crippen LogP contribution in [0.25, 0.3) is 0 Å². The maximum atomic E-state index is 5.71. The molecule has 124 valence electrons. The Balaban J connectivity index is 1.71. The van der Waals surface area contributed by atoms with E-state index in [2.05, 4.69) is 5.32 Å². The molecule has 0 saturated heterocycles. The second-order valence-corrected chi connectivity index (χ2v) is 4.79. The number of benzene rings is 2. The highest BCUT2D eigenvalue weighted by molar-refractivity contribution is 5.46. The number of hydrogen-bond acceptors (Lipinski definition) is 5. The first-order valence-electron chi connectivity index (χ1n) is 7.55. The van der Waals surface area contributed by atoms with Gasteiger partial charge < -0.3 is 24.3 Å². The van der Waals surface area contributed by atoms with Gasteiger partial charge in [-0.05, 0) is 36.4 Å². The second-order valence-electron chi connectivity index (χ2n) is 4.79. The summed E-state index contributed by atoms with van der Waals surface area (Å²) >= 11 is 0. The van der Waals surface area contributed by atoms with Crippen molar-refractivity contribution in [3.8, 4) is 17.2 Å². The molecule has 0 unspecified atom stereocenters. The Labute approximate surface area is 137 Å². The zero-order valence-corrected chi connectivity index (χ0v) is 13.6. The first kappa shape index (κ1) is 17.0. The van der Waals surface area contributed by atoms with Crippen LogP contribution in [0.5, 0.6) is 17.2 Å². The molecule has 0 saturated carbocycles. The van der Waals surface area contributed by atoms with Gasteiger partial charge in [0, 0.05) is 19.3 Å². The van der Waals surface area contributed by atoms with Gasteiger partial charge in [-0.3, -0.25) is 0 Å². The average Bonchev–Trinajstić information content (AvgIpc) is 2.60. The van der Waals surface area contributed by atoms with Gasteiger partial charge in [0.2, 0.25) is 0 Å². The Kier molecular flexibility index (Phi) is 7.07. The molecular formula is C18H23NO4. The molecule has 0 fully saturated rings. The van der Waals surface area contributed by atoms with Gasteiger partial charge in [-0.15, -0.1) is 0 Å². The molecule has 0 atom stereocenters. The third-order valence-electron chi connectivity index (χ3n) is 3.17. The van der Waals surface area contributed by atoms with Crippen LogP contribution in [0.1, 0.15) is 0 Å². The third kappa shape index (κ3) is 5.71. The fourth-order valence-electron chi connectivity index (χ4n) is 2.01. The van der Waals surface area contributed by atoms with E-state index in [4.69, 9.17) is 18.9 Å². The van der Waals surface area contributed by atoms with Gasteiger partial charge in [0.15, 0.2) is 11.5 Å². The Morgan fingerprint density at radius 1 is 0.783 bits per heavy atom. The number of anilines is 1. The molecule has 0 radical (unpaired) electrons. The van der Waals surface area contributed by atoms with Crippen molar-refractivity contribution in [3.63, 3.8) is 0 Å². The standard InChI is InChI=1S/C18H23NO4/c1-20-13-14-22-16-9-7-15(8-10-16)19-11-12-23-18-6-4-3-5-17(18)21-2/h3-10,19H,11-14H2,1-2H3. The molecule has 0 aliphatic rings. The number of nitrogens with one attached hydrogen (secondary N) is 1. The van der Waals surface area contributed by atoms with Gasteiger partial charge in [0.25, 0.3) is 0 Å². The maximum Gasteiger partial charge on any atom is 0.161 e. The zero-order valence-electron chi connectivity index (χ0n) is 13.6. The van der Waals surface area contributed by atoms with Gasteiger partial charge in [-0.25, -0.2) is 0 Å². The van der Waals surface area contributed by atoms with E-state index in [-0.39, 0.29) is 0 Å². The average molecular weight is 317 g/mol. The summed E-state index contributed by atoms with van der Waals surface area (Å²) in [6.45, 7) is 2.38. The molecular weight excluding hydrogens is 294 g/mol. The largest absolute Gasteiger partial charge is 0.493 e. The number of ether oxygens (including phenoxy) is 4. The van der Waals surface area contributed by atoms with Gasteiger partial charge in [-0.1, -0.05) is 12.1 Å². The summed E-state index contributed by atoms with van der Waals surface area (Å²) in [5.41, 5.74) is 1.02. The van der Waals surface area contributed by atoms with Crippen LogP contribution >= 0.6 is 0 Å². The van der Waals surface area contributed by atoms with Crippen molar-refractivity contribution in [1.29, 1.82) is 0 Å². The van der Waals surface area contributed by atoms with E-state index >= 15 is 0 Å². The minimum atomic E-state index is 0.548. The van der Waals surface area contributed by atoms with Crippen LogP contribution in [-0.2, 0) is 4.74 Å². The normalized spacial score (nSPS) is 10.2. The molecule has 1 N–H and O–H groups in total. The van der Waals surface area contributed by atoms with Crippen LogP contribution < -0.4 is 19.5 Å². The summed E-state index contributed by atoms with van der Waals surface area (Å²) in [6, 6.07) is 15.4. The molecule has 0 amide bonds. The van der Waals surface area contributed by atoms with Crippen LogP contribution in [0.15, 0.2) is 48.5 Å². The molecule has 0 aliphatic heterocycles. The van der Waals surface area contributed by atoms with Crippen LogP contribution in [0.2, 0.25) is 0 Å². The van der Waals surface area contributed by atoms with E-state index in [0.717, 1.165) is 22.9 Å². The number of para-hydroxylation sites is 2. The highest BCUT2D eigenvalue weighted by Crippen LogP contribution is 2.25. The highest BCUT2D eigenvalue weighted by Gasteiger charge is 2.02. The van der Waals surface area contributed by atoms with Crippen molar-refractivity contribution in [2.75, 3.05) is 45.9 Å². The van der Waals surface area contributed by atoms with Crippen molar-refractivity contribution in [2.45, 2.75) is 0 Å². The number of methoxy groups -OCH3 is 2. The Morgan fingerprint density at radius 3 is 2.22 bits per heavy atom. The van der Waals surface area contributed by atoms with E-state index < -0.39 is 0 Å². The third-order valence-corrected chi connectivity index (χ3v) is 3.17. The van der Waals surface area contributed by atoms with Crippen LogP contribution in [0.4, 0.5) is 5.69 Å². The molecule has 5 nitrogen and oxygen atoms in total. The lowest BCUT2D eigenvalue weighted by molar-refractivity contribution is 0.146. The summed E-state index contributed by atoms with van der Waals surface area (Å²) in [5, 5.41) is 3.30. The van der Waals surface area contributed by atoms with Crippen molar-refractivity contribution in [3.05, 3.63) is 48.5 Å². The van der Waals surface area contributed by atoms with Gasteiger partial charge in [0.1, 0.15) is 19.0 Å². The predicted octanol–water partition coefficient (Wildman–Crippen LogP) is 3.21. The quantitative estimate of drug-likeness (QED) is 0.682. The first-order chi connectivity index (χ1) is 11.3. The van der Waals surface area contributed by atoms with E-state index in [9.17, 15) is 0 Å². The number of rotatable bonds is 10. The van der Waals surface area contributed by atoms with Crippen molar-refractivity contribution in [2.24, 2.45) is 0 Å². The Bertz CT molecular complexity index is 571. The van der Waals surface area contributed by atoms with E-state index in [1.807, 2.05) is 48.5 Å². The van der Waals surface area contributed by atoms with E-state index in [1.165, 1.54) is 0 Å². The summed E-state index contributed by atoms with van der Waals surface area (Å²) < 4.78 is 21.4. The lowest BCUT2D eigenvalue weighted by Gasteiger charge is -2.12. The molecule has 2 rings (SSSR count). The van der Waals surface area contributed by atoms with Crippen molar-refractivity contribution < 1.29 is 18.9 Å². The molecule has 0 spiro atoms. The highest BCUT2D eigenvalue weighted by atomic mass is 16.5. The van der Waals surface area contributed by atoms with Gasteiger partial charge in [-0.2, -0.15) is 0 Å². The minimum absolute atomic E-state index is 0.548. The molecule has 5 heteroatoms. The fraction of sp³-hybridized carbons (Fsp3) is 0.333. The maximum absolute atomic E-state index is 5.71. The van der Waals surface area contributed by atoms with Crippen molar-refractivity contribution >= 4 is 5.69 Å². The summed E-state index contributed by atoms with van der Waals surface area (Å²) in [4.78, 5) is 0. The van der Waals surface area contributed by atoms with Gasteiger partial charge >= 0.3 is 0 Å². The molecule has 2 aromatic carbocycles. The lowest BCUT2D eigenvalue weighted by atomic mass is 10.3. The summed E-state index contributed by atoms with van der Waals surface area (Å²) in [6.07, 6.45) is 0. The SMILES string of the molecule is COCCOc1ccc(NCCOc2ccccc2OC)cc1. The molecule has 0 heterocycles. The van der Waals surface area contributed by atoms with Crippen molar-refractivity contribution in [1.82, 2.24) is 0 Å². The smallest absolute Gasteiger partial charge is 0.161 e. The zero-order chi connectivity index (χ0) is 16.3. The molecule has 0 bridgehead atoms. The van der Waals surface area contributed by atoms with Crippen LogP contribution in [0.3, 0.4) is 0 Å².